The number of carbonyl (C=O) groups excluding carboxylic acids is 1. The molecule has 1 aromatic heterocycles. The van der Waals surface area contributed by atoms with Crippen molar-refractivity contribution in [2.24, 2.45) is 0 Å². The molecule has 0 atom stereocenters. The molecule has 1 aliphatic carbocycles. The Balaban J connectivity index is 1.74. The Morgan fingerprint density at radius 3 is 2.79 bits per heavy atom. The van der Waals surface area contributed by atoms with Crippen molar-refractivity contribution in [3.63, 3.8) is 0 Å². The summed E-state index contributed by atoms with van der Waals surface area (Å²) < 4.78 is 5.28. The Kier molecular flexibility index (Phi) is 4.30. The first-order chi connectivity index (χ1) is 13.5. The highest BCUT2D eigenvalue weighted by Crippen LogP contribution is 2.48. The first-order valence-corrected chi connectivity index (χ1v) is 9.26. The highest BCUT2D eigenvalue weighted by Gasteiger charge is 2.47. The average molecular weight is 373 g/mol. The number of hydrogen-bond donors (Lipinski definition) is 2. The van der Waals surface area contributed by atoms with E-state index in [9.17, 15) is 4.79 Å². The molecule has 3 aromatic rings. The molecule has 142 valence electrons. The lowest BCUT2D eigenvalue weighted by atomic mass is 9.95. The number of aromatic nitrogens is 1. The van der Waals surface area contributed by atoms with Crippen LogP contribution in [0.15, 0.2) is 49.2 Å². The standard InChI is InChI=1S/C23H23N3O2/c1-4-15-11-18(16-6-5-9-25-20(16)12-15)23(7-8-23)26-22(27)17-13-21(28-3)19(24)10-14(17)2/h4-6,9-13H,1,7-8,24H2,2-3H3,(H,26,27). The molecule has 1 aliphatic rings. The molecule has 4 rings (SSSR count). The van der Waals surface area contributed by atoms with Gasteiger partial charge in [0.2, 0.25) is 0 Å². The van der Waals surface area contributed by atoms with Gasteiger partial charge in [-0.2, -0.15) is 0 Å². The third-order valence-corrected chi connectivity index (χ3v) is 5.42. The number of nitrogens with zero attached hydrogens (tertiary/aromatic N) is 1. The Labute approximate surface area is 164 Å². The van der Waals surface area contributed by atoms with Gasteiger partial charge in [-0.25, -0.2) is 0 Å². The number of anilines is 1. The predicted octanol–water partition coefficient (Wildman–Crippen LogP) is 4.20. The van der Waals surface area contributed by atoms with Crippen molar-refractivity contribution < 1.29 is 9.53 Å². The Hall–Kier alpha value is -3.34. The molecule has 3 N–H and O–H groups in total. The van der Waals surface area contributed by atoms with Crippen molar-refractivity contribution in [3.05, 3.63) is 71.4 Å². The van der Waals surface area contributed by atoms with Crippen LogP contribution in [-0.4, -0.2) is 18.0 Å². The van der Waals surface area contributed by atoms with E-state index < -0.39 is 5.54 Å². The van der Waals surface area contributed by atoms with E-state index in [1.165, 1.54) is 0 Å². The molecular weight excluding hydrogens is 350 g/mol. The maximum Gasteiger partial charge on any atom is 0.252 e. The second-order valence-corrected chi connectivity index (χ2v) is 7.29. The van der Waals surface area contributed by atoms with Gasteiger partial charge in [0, 0.05) is 17.1 Å². The summed E-state index contributed by atoms with van der Waals surface area (Å²) in [6.07, 6.45) is 5.36. The molecule has 5 heteroatoms. The van der Waals surface area contributed by atoms with Gasteiger partial charge in [0.05, 0.1) is 23.9 Å². The normalized spacial score (nSPS) is 14.5. The van der Waals surface area contributed by atoms with Crippen LogP contribution in [-0.2, 0) is 5.54 Å². The summed E-state index contributed by atoms with van der Waals surface area (Å²) in [5.41, 5.74) is 10.5. The van der Waals surface area contributed by atoms with E-state index >= 15 is 0 Å². The summed E-state index contributed by atoms with van der Waals surface area (Å²) in [6.45, 7) is 5.76. The monoisotopic (exact) mass is 373 g/mol. The van der Waals surface area contributed by atoms with Crippen molar-refractivity contribution in [2.45, 2.75) is 25.3 Å². The minimum Gasteiger partial charge on any atom is -0.495 e. The van der Waals surface area contributed by atoms with Crippen molar-refractivity contribution in [3.8, 4) is 5.75 Å². The third-order valence-electron chi connectivity index (χ3n) is 5.42. The molecule has 0 aliphatic heterocycles. The van der Waals surface area contributed by atoms with Crippen LogP contribution in [0.4, 0.5) is 5.69 Å². The molecule has 0 saturated heterocycles. The van der Waals surface area contributed by atoms with Gasteiger partial charge in [0.1, 0.15) is 5.75 Å². The number of amides is 1. The van der Waals surface area contributed by atoms with Gasteiger partial charge in [-0.05, 0) is 66.8 Å². The van der Waals surface area contributed by atoms with Gasteiger partial charge >= 0.3 is 0 Å². The van der Waals surface area contributed by atoms with Crippen molar-refractivity contribution >= 4 is 28.6 Å². The number of benzene rings is 2. The average Bonchev–Trinajstić information content (AvgIpc) is 3.47. The summed E-state index contributed by atoms with van der Waals surface area (Å²) in [5.74, 6) is 0.373. The molecule has 0 unspecified atom stereocenters. The number of nitrogen functional groups attached to an aromatic ring is 1. The van der Waals surface area contributed by atoms with Crippen molar-refractivity contribution in [1.82, 2.24) is 10.3 Å². The predicted molar refractivity (Wildman–Crippen MR) is 112 cm³/mol. The zero-order valence-electron chi connectivity index (χ0n) is 16.1. The number of ether oxygens (including phenoxy) is 1. The van der Waals surface area contributed by atoms with Gasteiger partial charge in [0.15, 0.2) is 0 Å². The fourth-order valence-electron chi connectivity index (χ4n) is 3.72. The fraction of sp³-hybridized carbons (Fsp3) is 0.217. The van der Waals surface area contributed by atoms with Crippen LogP contribution in [0.1, 0.15) is 39.9 Å². The number of methoxy groups -OCH3 is 1. The maximum absolute atomic E-state index is 13.1. The molecule has 28 heavy (non-hydrogen) atoms. The Morgan fingerprint density at radius 1 is 1.32 bits per heavy atom. The number of nitrogens with one attached hydrogen (secondary N) is 1. The van der Waals surface area contributed by atoms with E-state index in [-0.39, 0.29) is 5.91 Å². The Morgan fingerprint density at radius 2 is 2.11 bits per heavy atom. The molecule has 0 spiro atoms. The van der Waals surface area contributed by atoms with Gasteiger partial charge < -0.3 is 15.8 Å². The molecule has 1 amide bonds. The van der Waals surface area contributed by atoms with Crippen molar-refractivity contribution in [1.29, 1.82) is 0 Å². The van der Waals surface area contributed by atoms with Crippen LogP contribution >= 0.6 is 0 Å². The van der Waals surface area contributed by atoms with Crippen LogP contribution in [0.5, 0.6) is 5.75 Å². The summed E-state index contributed by atoms with van der Waals surface area (Å²) in [6, 6.07) is 11.6. The van der Waals surface area contributed by atoms with Crippen LogP contribution in [0, 0.1) is 6.92 Å². The molecule has 2 aromatic carbocycles. The summed E-state index contributed by atoms with van der Waals surface area (Å²) in [4.78, 5) is 17.6. The second kappa shape index (κ2) is 6.68. The third kappa shape index (κ3) is 2.99. The molecule has 1 heterocycles. The van der Waals surface area contributed by atoms with E-state index in [0.717, 1.165) is 40.4 Å². The molecule has 0 bridgehead atoms. The molecule has 1 fully saturated rings. The number of pyridine rings is 1. The van der Waals surface area contributed by atoms with Crippen molar-refractivity contribution in [2.75, 3.05) is 12.8 Å². The van der Waals surface area contributed by atoms with Gasteiger partial charge in [-0.15, -0.1) is 0 Å². The van der Waals surface area contributed by atoms with Crippen LogP contribution < -0.4 is 15.8 Å². The van der Waals surface area contributed by atoms with E-state index in [1.807, 2.05) is 31.2 Å². The van der Waals surface area contributed by atoms with Crippen LogP contribution in [0.2, 0.25) is 0 Å². The van der Waals surface area contributed by atoms with E-state index in [1.54, 1.807) is 25.4 Å². The number of nitrogens with two attached hydrogens (primary N) is 1. The van der Waals surface area contributed by atoms with E-state index in [4.69, 9.17) is 10.5 Å². The highest BCUT2D eigenvalue weighted by molar-refractivity contribution is 5.98. The highest BCUT2D eigenvalue weighted by atomic mass is 16.5. The first kappa shape index (κ1) is 18.0. The van der Waals surface area contributed by atoms with Gasteiger partial charge in [0.25, 0.3) is 5.91 Å². The fourth-order valence-corrected chi connectivity index (χ4v) is 3.72. The van der Waals surface area contributed by atoms with E-state index in [0.29, 0.717) is 17.0 Å². The zero-order chi connectivity index (χ0) is 19.9. The topological polar surface area (TPSA) is 77.2 Å². The molecule has 1 saturated carbocycles. The lowest BCUT2D eigenvalue weighted by molar-refractivity contribution is 0.0930. The Bertz CT molecular complexity index is 1100. The van der Waals surface area contributed by atoms with Crippen LogP contribution in [0.3, 0.4) is 0 Å². The first-order valence-electron chi connectivity index (χ1n) is 9.26. The number of hydrogen-bond acceptors (Lipinski definition) is 4. The zero-order valence-corrected chi connectivity index (χ0v) is 16.1. The minimum absolute atomic E-state index is 0.130. The maximum atomic E-state index is 13.1. The molecular formula is C23H23N3O2. The number of aryl methyl sites for hydroxylation is 1. The summed E-state index contributed by atoms with van der Waals surface area (Å²) in [5, 5.41) is 4.31. The molecule has 5 nitrogen and oxygen atoms in total. The largest absolute Gasteiger partial charge is 0.495 e. The summed E-state index contributed by atoms with van der Waals surface area (Å²) in [7, 11) is 1.55. The smallest absolute Gasteiger partial charge is 0.252 e. The SMILES string of the molecule is C=Cc1cc(C2(NC(=O)c3cc(OC)c(N)cc3C)CC2)c2cccnc2c1. The number of rotatable bonds is 5. The quantitative estimate of drug-likeness (QED) is 0.657. The lowest BCUT2D eigenvalue weighted by Crippen LogP contribution is -2.35. The van der Waals surface area contributed by atoms with Gasteiger partial charge in [-0.1, -0.05) is 18.7 Å². The second-order valence-electron chi connectivity index (χ2n) is 7.29. The van der Waals surface area contributed by atoms with Crippen LogP contribution in [0.25, 0.3) is 17.0 Å². The van der Waals surface area contributed by atoms with E-state index in [2.05, 4.69) is 22.9 Å². The lowest BCUT2D eigenvalue weighted by Gasteiger charge is -2.21. The minimum atomic E-state index is -0.390. The summed E-state index contributed by atoms with van der Waals surface area (Å²) >= 11 is 0. The number of fused-ring (bicyclic) bond motifs is 1. The van der Waals surface area contributed by atoms with Gasteiger partial charge in [-0.3, -0.25) is 9.78 Å². The molecule has 0 radical (unpaired) electrons. The number of carbonyl (C=O) groups is 1.